The van der Waals surface area contributed by atoms with Crippen LogP contribution in [0.3, 0.4) is 0 Å². The molecule has 0 spiro atoms. The van der Waals surface area contributed by atoms with Crippen molar-refractivity contribution < 1.29 is 0 Å². The molecule has 0 unspecified atom stereocenters. The molecule has 0 aliphatic carbocycles. The summed E-state index contributed by atoms with van der Waals surface area (Å²) in [5.74, 6) is 0.577. The van der Waals surface area contributed by atoms with Gasteiger partial charge in [-0.05, 0) is 60.2 Å². The standard InChI is InChI=1S/C28H20N4.ClH/c29-20-22(28-30-26-13-7-8-14-27(26)31-28)19-21-15-17-25(18-16-21)32(23-9-3-1-4-10-23)24-11-5-2-6-12-24;/h1-19H,(H,30,31);1H/b22-19-;. The molecule has 1 heterocycles. The van der Waals surface area contributed by atoms with Gasteiger partial charge >= 0.3 is 0 Å². The minimum atomic E-state index is 0. The van der Waals surface area contributed by atoms with E-state index in [9.17, 15) is 5.26 Å². The van der Waals surface area contributed by atoms with Crippen LogP contribution in [-0.2, 0) is 0 Å². The monoisotopic (exact) mass is 448 g/mol. The number of rotatable bonds is 5. The highest BCUT2D eigenvalue weighted by molar-refractivity contribution is 5.90. The molecule has 5 aromatic rings. The van der Waals surface area contributed by atoms with E-state index in [1.54, 1.807) is 0 Å². The summed E-state index contributed by atoms with van der Waals surface area (Å²) in [6.45, 7) is 0. The molecule has 5 heteroatoms. The van der Waals surface area contributed by atoms with Gasteiger partial charge in [0.1, 0.15) is 11.9 Å². The fourth-order valence-electron chi connectivity index (χ4n) is 3.72. The molecule has 0 saturated heterocycles. The van der Waals surface area contributed by atoms with Crippen LogP contribution in [0.4, 0.5) is 17.1 Å². The van der Waals surface area contributed by atoms with E-state index in [1.165, 1.54) is 0 Å². The Morgan fingerprint density at radius 1 is 0.727 bits per heavy atom. The number of benzene rings is 4. The molecule has 4 nitrogen and oxygen atoms in total. The number of anilines is 3. The number of allylic oxidation sites excluding steroid dienone is 1. The lowest BCUT2D eigenvalue weighted by Crippen LogP contribution is -2.09. The maximum Gasteiger partial charge on any atom is 0.149 e. The lowest BCUT2D eigenvalue weighted by atomic mass is 10.1. The van der Waals surface area contributed by atoms with Gasteiger partial charge in [-0.1, -0.05) is 60.7 Å². The summed E-state index contributed by atoms with van der Waals surface area (Å²) < 4.78 is 0. The second-order valence-electron chi connectivity index (χ2n) is 7.37. The Labute approximate surface area is 198 Å². The van der Waals surface area contributed by atoms with Crippen LogP contribution in [0.25, 0.3) is 22.7 Å². The Morgan fingerprint density at radius 2 is 1.27 bits per heavy atom. The van der Waals surface area contributed by atoms with Crippen molar-refractivity contribution in [3.63, 3.8) is 0 Å². The largest absolute Gasteiger partial charge is 0.337 e. The number of nitrogens with zero attached hydrogens (tertiary/aromatic N) is 3. The number of nitrogens with one attached hydrogen (secondary N) is 1. The Bertz CT molecular complexity index is 1340. The van der Waals surface area contributed by atoms with E-state index < -0.39 is 0 Å². The van der Waals surface area contributed by atoms with Crippen molar-refractivity contribution in [2.45, 2.75) is 0 Å². The van der Waals surface area contributed by atoms with E-state index in [2.05, 4.69) is 57.3 Å². The number of imidazole rings is 1. The van der Waals surface area contributed by atoms with Crippen LogP contribution < -0.4 is 4.90 Å². The average Bonchev–Trinajstić information content (AvgIpc) is 3.29. The molecule has 0 bridgehead atoms. The molecule has 0 radical (unpaired) electrons. The Balaban J connectivity index is 0.00000259. The van der Waals surface area contributed by atoms with Crippen molar-refractivity contribution >= 4 is 52.2 Å². The fourth-order valence-corrected chi connectivity index (χ4v) is 3.72. The normalized spacial score (nSPS) is 10.9. The summed E-state index contributed by atoms with van der Waals surface area (Å²) in [7, 11) is 0. The van der Waals surface area contributed by atoms with E-state index >= 15 is 0 Å². The van der Waals surface area contributed by atoms with Gasteiger partial charge in [0.15, 0.2) is 0 Å². The molecular weight excluding hydrogens is 428 g/mol. The van der Waals surface area contributed by atoms with Crippen LogP contribution in [0, 0.1) is 11.3 Å². The Hall–Kier alpha value is -4.33. The number of nitriles is 1. The zero-order chi connectivity index (χ0) is 21.8. The second-order valence-corrected chi connectivity index (χ2v) is 7.37. The smallest absolute Gasteiger partial charge is 0.149 e. The minimum absolute atomic E-state index is 0. The van der Waals surface area contributed by atoms with Crippen LogP contribution in [0.2, 0.25) is 0 Å². The number of hydrogen-bond donors (Lipinski definition) is 1. The zero-order valence-electron chi connectivity index (χ0n) is 17.7. The number of H-pyrrole nitrogens is 1. The molecule has 1 aromatic heterocycles. The minimum Gasteiger partial charge on any atom is -0.337 e. The van der Waals surface area contributed by atoms with Crippen molar-refractivity contribution in [1.82, 2.24) is 9.97 Å². The number of halogens is 1. The van der Waals surface area contributed by atoms with Crippen molar-refractivity contribution in [3.8, 4) is 6.07 Å². The molecule has 0 aliphatic rings. The van der Waals surface area contributed by atoms with Crippen molar-refractivity contribution in [2.75, 3.05) is 4.90 Å². The van der Waals surface area contributed by atoms with Gasteiger partial charge in [0, 0.05) is 17.1 Å². The average molecular weight is 449 g/mol. The third-order valence-electron chi connectivity index (χ3n) is 5.26. The van der Waals surface area contributed by atoms with E-state index in [0.717, 1.165) is 33.7 Å². The highest BCUT2D eigenvalue weighted by atomic mass is 35.5. The van der Waals surface area contributed by atoms with Gasteiger partial charge in [-0.25, -0.2) is 4.98 Å². The van der Waals surface area contributed by atoms with Gasteiger partial charge in [-0.3, -0.25) is 0 Å². The number of aromatic nitrogens is 2. The summed E-state index contributed by atoms with van der Waals surface area (Å²) in [4.78, 5) is 9.99. The Kier molecular flexibility index (Phi) is 6.54. The SMILES string of the molecule is Cl.N#C/C(=C/c1ccc(N(c2ccccc2)c2ccccc2)cc1)c1nc2ccccc2[nH]1. The summed E-state index contributed by atoms with van der Waals surface area (Å²) in [6.07, 6.45) is 1.86. The first-order chi connectivity index (χ1) is 15.8. The first-order valence-corrected chi connectivity index (χ1v) is 10.4. The zero-order valence-corrected chi connectivity index (χ0v) is 18.5. The summed E-state index contributed by atoms with van der Waals surface area (Å²) in [5.41, 5.74) is 6.41. The van der Waals surface area contributed by atoms with Crippen LogP contribution >= 0.6 is 12.4 Å². The van der Waals surface area contributed by atoms with E-state index in [1.807, 2.05) is 78.9 Å². The Morgan fingerprint density at radius 3 is 1.85 bits per heavy atom. The van der Waals surface area contributed by atoms with Crippen molar-refractivity contribution in [2.24, 2.45) is 0 Å². The van der Waals surface area contributed by atoms with E-state index in [-0.39, 0.29) is 12.4 Å². The quantitative estimate of drug-likeness (QED) is 0.283. The summed E-state index contributed by atoms with van der Waals surface area (Å²) in [5, 5.41) is 9.72. The maximum atomic E-state index is 9.72. The number of aromatic amines is 1. The topological polar surface area (TPSA) is 55.7 Å². The van der Waals surface area contributed by atoms with Crippen molar-refractivity contribution in [3.05, 3.63) is 121 Å². The first-order valence-electron chi connectivity index (χ1n) is 10.4. The van der Waals surface area contributed by atoms with Crippen LogP contribution in [0.5, 0.6) is 0 Å². The van der Waals surface area contributed by atoms with Gasteiger partial charge in [0.25, 0.3) is 0 Å². The first kappa shape index (κ1) is 21.9. The molecule has 160 valence electrons. The molecule has 5 rings (SSSR count). The van der Waals surface area contributed by atoms with Gasteiger partial charge in [0.05, 0.1) is 16.6 Å². The lowest BCUT2D eigenvalue weighted by Gasteiger charge is -2.25. The highest BCUT2D eigenvalue weighted by Crippen LogP contribution is 2.34. The van der Waals surface area contributed by atoms with Crippen LogP contribution in [-0.4, -0.2) is 9.97 Å². The maximum absolute atomic E-state index is 9.72. The third kappa shape index (κ3) is 4.64. The van der Waals surface area contributed by atoms with Crippen molar-refractivity contribution in [1.29, 1.82) is 5.26 Å². The summed E-state index contributed by atoms with van der Waals surface area (Å²) in [6, 6.07) is 38.8. The molecule has 4 aromatic carbocycles. The molecule has 0 atom stereocenters. The number of para-hydroxylation sites is 4. The molecule has 0 saturated carbocycles. The predicted molar refractivity (Wildman–Crippen MR) is 138 cm³/mol. The van der Waals surface area contributed by atoms with E-state index in [0.29, 0.717) is 11.4 Å². The third-order valence-corrected chi connectivity index (χ3v) is 5.26. The predicted octanol–water partition coefficient (Wildman–Crippen LogP) is 7.52. The lowest BCUT2D eigenvalue weighted by molar-refractivity contribution is 1.27. The number of hydrogen-bond acceptors (Lipinski definition) is 3. The highest BCUT2D eigenvalue weighted by Gasteiger charge is 2.12. The fraction of sp³-hybridized carbons (Fsp3) is 0. The molecule has 0 amide bonds. The van der Waals surface area contributed by atoms with Gasteiger partial charge in [-0.15, -0.1) is 12.4 Å². The van der Waals surface area contributed by atoms with E-state index in [4.69, 9.17) is 0 Å². The number of fused-ring (bicyclic) bond motifs is 1. The molecule has 0 aliphatic heterocycles. The summed E-state index contributed by atoms with van der Waals surface area (Å²) >= 11 is 0. The molecular formula is C28H21ClN4. The van der Waals surface area contributed by atoms with Crippen LogP contribution in [0.1, 0.15) is 11.4 Å². The van der Waals surface area contributed by atoms with Crippen LogP contribution in [0.15, 0.2) is 109 Å². The van der Waals surface area contributed by atoms with Gasteiger partial charge < -0.3 is 9.88 Å². The molecule has 1 N–H and O–H groups in total. The molecule has 0 fully saturated rings. The van der Waals surface area contributed by atoms with Gasteiger partial charge in [-0.2, -0.15) is 5.26 Å². The van der Waals surface area contributed by atoms with Gasteiger partial charge in [0.2, 0.25) is 0 Å². The molecule has 33 heavy (non-hydrogen) atoms. The second kappa shape index (κ2) is 9.86.